The van der Waals surface area contributed by atoms with Gasteiger partial charge in [-0.1, -0.05) is 0 Å². The first-order valence-electron chi connectivity index (χ1n) is 6.08. The maximum absolute atomic E-state index is 13.5. The van der Waals surface area contributed by atoms with Crippen molar-refractivity contribution < 1.29 is 8.78 Å². The molecule has 7 heteroatoms. The number of anilines is 2. The lowest BCUT2D eigenvalue weighted by molar-refractivity contribution is 0.586. The highest BCUT2D eigenvalue weighted by Gasteiger charge is 2.06. The molecule has 0 aliphatic carbocycles. The van der Waals surface area contributed by atoms with Crippen molar-refractivity contribution in [1.82, 2.24) is 10.2 Å². The van der Waals surface area contributed by atoms with Crippen LogP contribution < -0.4 is 10.6 Å². The van der Waals surface area contributed by atoms with Crippen LogP contribution in [-0.2, 0) is 0 Å². The minimum Gasteiger partial charge on any atom is -0.332 e. The summed E-state index contributed by atoms with van der Waals surface area (Å²) in [6.07, 6.45) is 1.71. The first kappa shape index (κ1) is 13.4. The molecule has 0 saturated carbocycles. The van der Waals surface area contributed by atoms with E-state index >= 15 is 0 Å². The Kier molecular flexibility index (Phi) is 3.49. The van der Waals surface area contributed by atoms with Gasteiger partial charge in [-0.2, -0.15) is 5.10 Å². The lowest BCUT2D eigenvalue weighted by Gasteiger charge is -2.11. The normalized spacial score (nSPS) is 10.6. The second-order valence-corrected chi connectivity index (χ2v) is 4.78. The standard InChI is InChI=1S/C14H10F2N4S/c15-9-2-4-12(11(16)5-9)19-14(21)18-10-3-1-8-7-17-20-13(8)6-10/h1-7H,(H,17,20)(H2,18,19,21). The first-order valence-corrected chi connectivity index (χ1v) is 6.49. The lowest BCUT2D eigenvalue weighted by atomic mass is 10.2. The van der Waals surface area contributed by atoms with Gasteiger partial charge in [-0.3, -0.25) is 5.10 Å². The van der Waals surface area contributed by atoms with Gasteiger partial charge >= 0.3 is 0 Å². The Morgan fingerprint density at radius 1 is 1.10 bits per heavy atom. The van der Waals surface area contributed by atoms with Gasteiger partial charge in [0.2, 0.25) is 0 Å². The predicted molar refractivity (Wildman–Crippen MR) is 82.3 cm³/mol. The second-order valence-electron chi connectivity index (χ2n) is 4.38. The van der Waals surface area contributed by atoms with Crippen molar-refractivity contribution in [3.63, 3.8) is 0 Å². The van der Waals surface area contributed by atoms with Crippen LogP contribution in [0.2, 0.25) is 0 Å². The molecule has 1 heterocycles. The van der Waals surface area contributed by atoms with Crippen LogP contribution in [0, 0.1) is 11.6 Å². The fraction of sp³-hybridized carbons (Fsp3) is 0. The maximum Gasteiger partial charge on any atom is 0.175 e. The third kappa shape index (κ3) is 2.97. The van der Waals surface area contributed by atoms with Gasteiger partial charge in [0.05, 0.1) is 17.4 Å². The van der Waals surface area contributed by atoms with E-state index in [1.54, 1.807) is 6.20 Å². The molecule has 0 unspecified atom stereocenters. The lowest BCUT2D eigenvalue weighted by Crippen LogP contribution is -2.19. The SMILES string of the molecule is Fc1ccc(NC(=S)Nc2ccc3cn[nH]c3c2)c(F)c1. The quantitative estimate of drug-likeness (QED) is 0.633. The van der Waals surface area contributed by atoms with Gasteiger partial charge in [0.1, 0.15) is 11.6 Å². The molecule has 106 valence electrons. The van der Waals surface area contributed by atoms with Crippen LogP contribution in [0.15, 0.2) is 42.6 Å². The molecule has 1 aromatic heterocycles. The topological polar surface area (TPSA) is 52.7 Å². The molecule has 0 bridgehead atoms. The molecule has 2 aromatic carbocycles. The van der Waals surface area contributed by atoms with Crippen molar-refractivity contribution in [3.8, 4) is 0 Å². The van der Waals surface area contributed by atoms with E-state index in [0.717, 1.165) is 28.7 Å². The highest BCUT2D eigenvalue weighted by atomic mass is 32.1. The molecule has 0 fully saturated rings. The number of nitrogens with one attached hydrogen (secondary N) is 3. The smallest absolute Gasteiger partial charge is 0.175 e. The van der Waals surface area contributed by atoms with Gasteiger partial charge in [0, 0.05) is 17.1 Å². The number of halogens is 2. The van der Waals surface area contributed by atoms with Crippen LogP contribution >= 0.6 is 12.2 Å². The number of fused-ring (bicyclic) bond motifs is 1. The number of rotatable bonds is 2. The fourth-order valence-electron chi connectivity index (χ4n) is 1.89. The highest BCUT2D eigenvalue weighted by Crippen LogP contribution is 2.18. The Hall–Kier alpha value is -2.54. The van der Waals surface area contributed by atoms with E-state index in [-0.39, 0.29) is 10.8 Å². The zero-order valence-electron chi connectivity index (χ0n) is 10.7. The minimum absolute atomic E-state index is 0.108. The van der Waals surface area contributed by atoms with Gasteiger partial charge in [-0.15, -0.1) is 0 Å². The Morgan fingerprint density at radius 2 is 1.95 bits per heavy atom. The molecule has 3 rings (SSSR count). The van der Waals surface area contributed by atoms with Gasteiger partial charge < -0.3 is 10.6 Å². The van der Waals surface area contributed by atoms with Gasteiger partial charge in [0.15, 0.2) is 5.11 Å². The Balaban J connectivity index is 1.73. The van der Waals surface area contributed by atoms with Crippen LogP contribution in [0.5, 0.6) is 0 Å². The minimum atomic E-state index is -0.705. The highest BCUT2D eigenvalue weighted by molar-refractivity contribution is 7.80. The number of benzene rings is 2. The molecular weight excluding hydrogens is 294 g/mol. The summed E-state index contributed by atoms with van der Waals surface area (Å²) in [7, 11) is 0. The number of aromatic nitrogens is 2. The molecule has 0 atom stereocenters. The molecule has 0 amide bonds. The van der Waals surface area contributed by atoms with Crippen LogP contribution in [-0.4, -0.2) is 15.3 Å². The van der Waals surface area contributed by atoms with Gasteiger partial charge in [-0.25, -0.2) is 8.78 Å². The molecule has 21 heavy (non-hydrogen) atoms. The second kappa shape index (κ2) is 5.45. The fourth-order valence-corrected chi connectivity index (χ4v) is 2.12. The van der Waals surface area contributed by atoms with Gasteiger partial charge in [-0.05, 0) is 42.5 Å². The van der Waals surface area contributed by atoms with E-state index in [0.29, 0.717) is 0 Å². The van der Waals surface area contributed by atoms with E-state index in [9.17, 15) is 8.78 Å². The number of H-pyrrole nitrogens is 1. The van der Waals surface area contributed by atoms with E-state index in [1.807, 2.05) is 18.2 Å². The zero-order chi connectivity index (χ0) is 14.8. The van der Waals surface area contributed by atoms with Crippen molar-refractivity contribution in [1.29, 1.82) is 0 Å². The van der Waals surface area contributed by atoms with Crippen molar-refractivity contribution in [2.75, 3.05) is 10.6 Å². The van der Waals surface area contributed by atoms with Crippen LogP contribution in [0.3, 0.4) is 0 Å². The van der Waals surface area contributed by atoms with Crippen LogP contribution in [0.4, 0.5) is 20.2 Å². The summed E-state index contributed by atoms with van der Waals surface area (Å²) in [5.74, 6) is -1.34. The Morgan fingerprint density at radius 3 is 2.76 bits per heavy atom. The monoisotopic (exact) mass is 304 g/mol. The number of hydrogen-bond donors (Lipinski definition) is 3. The largest absolute Gasteiger partial charge is 0.332 e. The summed E-state index contributed by atoms with van der Waals surface area (Å²) < 4.78 is 26.3. The molecule has 4 nitrogen and oxygen atoms in total. The van der Waals surface area contributed by atoms with E-state index in [1.165, 1.54) is 6.07 Å². The predicted octanol–water partition coefficient (Wildman–Crippen LogP) is 3.65. The molecular formula is C14H10F2N4S. The molecule has 3 N–H and O–H groups in total. The molecule has 0 radical (unpaired) electrons. The maximum atomic E-state index is 13.5. The van der Waals surface area contributed by atoms with Crippen molar-refractivity contribution in [2.45, 2.75) is 0 Å². The zero-order valence-corrected chi connectivity index (χ0v) is 11.5. The summed E-state index contributed by atoms with van der Waals surface area (Å²) in [6.45, 7) is 0. The van der Waals surface area contributed by atoms with Crippen molar-refractivity contribution in [2.24, 2.45) is 0 Å². The molecule has 0 aliphatic rings. The van der Waals surface area contributed by atoms with Crippen molar-refractivity contribution in [3.05, 3.63) is 54.2 Å². The summed E-state index contributed by atoms with van der Waals surface area (Å²) in [5, 5.41) is 13.6. The molecule has 0 saturated heterocycles. The summed E-state index contributed by atoms with van der Waals surface area (Å²) in [4.78, 5) is 0. The molecule has 0 aliphatic heterocycles. The van der Waals surface area contributed by atoms with Crippen molar-refractivity contribution >= 4 is 39.6 Å². The third-order valence-electron chi connectivity index (χ3n) is 2.88. The average Bonchev–Trinajstić information content (AvgIpc) is 2.89. The van der Waals surface area contributed by atoms with Crippen LogP contribution in [0.25, 0.3) is 10.9 Å². The summed E-state index contributed by atoms with van der Waals surface area (Å²) in [5.41, 5.74) is 1.69. The van der Waals surface area contributed by atoms with E-state index in [4.69, 9.17) is 12.2 Å². The molecule has 3 aromatic rings. The number of hydrogen-bond acceptors (Lipinski definition) is 2. The number of thiocarbonyl (C=S) groups is 1. The Bertz CT molecular complexity index is 816. The first-order chi connectivity index (χ1) is 10.1. The number of aromatic amines is 1. The van der Waals surface area contributed by atoms with Crippen LogP contribution in [0.1, 0.15) is 0 Å². The average molecular weight is 304 g/mol. The number of nitrogens with zero attached hydrogens (tertiary/aromatic N) is 1. The molecule has 0 spiro atoms. The van der Waals surface area contributed by atoms with Gasteiger partial charge in [0.25, 0.3) is 0 Å². The Labute approximate surface area is 124 Å². The summed E-state index contributed by atoms with van der Waals surface area (Å²) in [6, 6.07) is 8.77. The third-order valence-corrected chi connectivity index (χ3v) is 3.08. The van der Waals surface area contributed by atoms with E-state index in [2.05, 4.69) is 20.8 Å². The summed E-state index contributed by atoms with van der Waals surface area (Å²) >= 11 is 5.10. The van der Waals surface area contributed by atoms with E-state index < -0.39 is 11.6 Å².